The minimum atomic E-state index is 0.186. The van der Waals surface area contributed by atoms with Gasteiger partial charge in [0.15, 0.2) is 0 Å². The van der Waals surface area contributed by atoms with E-state index in [1.165, 1.54) is 10.4 Å². The SMILES string of the molecule is CCCNC(c1cccc(Br)c1)c1cc(Cl)c(Br)s1. The molecule has 5 heteroatoms. The van der Waals surface area contributed by atoms with Crippen molar-refractivity contribution in [2.24, 2.45) is 0 Å². The van der Waals surface area contributed by atoms with E-state index >= 15 is 0 Å². The molecule has 1 aromatic heterocycles. The van der Waals surface area contributed by atoms with E-state index in [1.54, 1.807) is 11.3 Å². The average molecular weight is 424 g/mol. The van der Waals surface area contributed by atoms with E-state index in [1.807, 2.05) is 12.1 Å². The van der Waals surface area contributed by atoms with Crippen LogP contribution in [0, 0.1) is 0 Å². The van der Waals surface area contributed by atoms with Crippen molar-refractivity contribution < 1.29 is 0 Å². The molecule has 102 valence electrons. The van der Waals surface area contributed by atoms with Gasteiger partial charge in [-0.25, -0.2) is 0 Å². The molecule has 0 radical (unpaired) electrons. The van der Waals surface area contributed by atoms with Gasteiger partial charge in [-0.2, -0.15) is 0 Å². The Morgan fingerprint density at radius 1 is 1.32 bits per heavy atom. The summed E-state index contributed by atoms with van der Waals surface area (Å²) in [5, 5.41) is 4.36. The van der Waals surface area contributed by atoms with Crippen molar-refractivity contribution in [3.8, 4) is 0 Å². The second-order valence-electron chi connectivity index (χ2n) is 4.21. The molecule has 1 aromatic carbocycles. The lowest BCUT2D eigenvalue weighted by Crippen LogP contribution is -2.22. The summed E-state index contributed by atoms with van der Waals surface area (Å²) in [5.74, 6) is 0. The molecular weight excluding hydrogens is 409 g/mol. The van der Waals surface area contributed by atoms with Crippen LogP contribution < -0.4 is 5.32 Å². The van der Waals surface area contributed by atoms with Crippen molar-refractivity contribution in [3.05, 3.63) is 54.1 Å². The lowest BCUT2D eigenvalue weighted by molar-refractivity contribution is 0.605. The number of thiophene rings is 1. The number of halogens is 3. The molecule has 0 aliphatic rings. The van der Waals surface area contributed by atoms with Gasteiger partial charge in [0.25, 0.3) is 0 Å². The predicted molar refractivity (Wildman–Crippen MR) is 91.3 cm³/mol. The lowest BCUT2D eigenvalue weighted by Gasteiger charge is -2.18. The zero-order valence-corrected chi connectivity index (χ0v) is 15.2. The maximum Gasteiger partial charge on any atom is 0.0888 e. The number of hydrogen-bond donors (Lipinski definition) is 1. The van der Waals surface area contributed by atoms with Gasteiger partial charge in [-0.3, -0.25) is 0 Å². The number of nitrogens with one attached hydrogen (secondary N) is 1. The van der Waals surface area contributed by atoms with Gasteiger partial charge in [-0.15, -0.1) is 11.3 Å². The van der Waals surface area contributed by atoms with Gasteiger partial charge in [0.05, 0.1) is 14.9 Å². The molecule has 2 aromatic rings. The fourth-order valence-corrected chi connectivity index (χ4v) is 4.13. The van der Waals surface area contributed by atoms with Crippen LogP contribution in [-0.2, 0) is 0 Å². The fourth-order valence-electron chi connectivity index (χ4n) is 1.86. The average Bonchev–Trinajstić information content (AvgIpc) is 2.70. The summed E-state index contributed by atoms with van der Waals surface area (Å²) in [7, 11) is 0. The zero-order chi connectivity index (χ0) is 13.8. The van der Waals surface area contributed by atoms with Gasteiger partial charge in [0.2, 0.25) is 0 Å². The van der Waals surface area contributed by atoms with Crippen molar-refractivity contribution in [2.75, 3.05) is 6.54 Å². The van der Waals surface area contributed by atoms with Crippen LogP contribution in [0.15, 0.2) is 38.6 Å². The summed E-state index contributed by atoms with van der Waals surface area (Å²) in [6.45, 7) is 3.15. The Balaban J connectivity index is 2.35. The molecule has 2 rings (SSSR count). The third-order valence-corrected chi connectivity index (χ3v) is 5.76. The van der Waals surface area contributed by atoms with Crippen molar-refractivity contribution in [1.82, 2.24) is 5.32 Å². The van der Waals surface area contributed by atoms with Gasteiger partial charge in [-0.1, -0.05) is 46.6 Å². The highest BCUT2D eigenvalue weighted by Crippen LogP contribution is 2.37. The molecule has 1 N–H and O–H groups in total. The van der Waals surface area contributed by atoms with Crippen LogP contribution in [0.3, 0.4) is 0 Å². The highest BCUT2D eigenvalue weighted by atomic mass is 79.9. The normalized spacial score (nSPS) is 12.6. The Kier molecular flexibility index (Phi) is 5.90. The van der Waals surface area contributed by atoms with Gasteiger partial charge in [-0.05, 0) is 52.7 Å². The number of hydrogen-bond acceptors (Lipinski definition) is 2. The third-order valence-electron chi connectivity index (χ3n) is 2.73. The van der Waals surface area contributed by atoms with Gasteiger partial charge in [0.1, 0.15) is 0 Å². The van der Waals surface area contributed by atoms with E-state index in [0.717, 1.165) is 26.2 Å². The minimum absolute atomic E-state index is 0.186. The smallest absolute Gasteiger partial charge is 0.0888 e. The van der Waals surface area contributed by atoms with Crippen molar-refractivity contribution in [2.45, 2.75) is 19.4 Å². The van der Waals surface area contributed by atoms with E-state index in [-0.39, 0.29) is 6.04 Å². The molecule has 1 heterocycles. The first kappa shape index (κ1) is 15.5. The van der Waals surface area contributed by atoms with Crippen LogP contribution >= 0.6 is 54.8 Å². The number of rotatable bonds is 5. The second-order valence-corrected chi connectivity index (χ2v) is 7.94. The van der Waals surface area contributed by atoms with Gasteiger partial charge in [0, 0.05) is 9.35 Å². The lowest BCUT2D eigenvalue weighted by atomic mass is 10.1. The largest absolute Gasteiger partial charge is 0.306 e. The van der Waals surface area contributed by atoms with Crippen LogP contribution in [0.4, 0.5) is 0 Å². The first-order chi connectivity index (χ1) is 9.11. The van der Waals surface area contributed by atoms with E-state index in [2.05, 4.69) is 62.3 Å². The Morgan fingerprint density at radius 3 is 2.68 bits per heavy atom. The first-order valence-corrected chi connectivity index (χ1v) is 8.83. The summed E-state index contributed by atoms with van der Waals surface area (Å²) < 4.78 is 2.08. The highest BCUT2D eigenvalue weighted by Gasteiger charge is 2.17. The summed E-state index contributed by atoms with van der Waals surface area (Å²) in [6.07, 6.45) is 1.10. The molecule has 1 atom stereocenters. The molecule has 1 unspecified atom stereocenters. The Hall–Kier alpha value is 0.130. The van der Waals surface area contributed by atoms with Crippen molar-refractivity contribution in [1.29, 1.82) is 0 Å². The predicted octanol–water partition coefficient (Wildman–Crippen LogP) is 6.02. The summed E-state index contributed by atoms with van der Waals surface area (Å²) >= 11 is 14.9. The zero-order valence-electron chi connectivity index (χ0n) is 10.4. The molecule has 0 saturated heterocycles. The maximum absolute atomic E-state index is 6.15. The highest BCUT2D eigenvalue weighted by molar-refractivity contribution is 9.11. The molecule has 0 fully saturated rings. The van der Waals surface area contributed by atoms with Gasteiger partial charge >= 0.3 is 0 Å². The van der Waals surface area contributed by atoms with E-state index < -0.39 is 0 Å². The fraction of sp³-hybridized carbons (Fsp3) is 0.286. The van der Waals surface area contributed by atoms with Crippen molar-refractivity contribution in [3.63, 3.8) is 0 Å². The molecule has 19 heavy (non-hydrogen) atoms. The first-order valence-electron chi connectivity index (χ1n) is 6.05. The molecule has 0 bridgehead atoms. The van der Waals surface area contributed by atoms with Crippen LogP contribution in [0.25, 0.3) is 0 Å². The molecule has 0 aliphatic heterocycles. The molecule has 1 nitrogen and oxygen atoms in total. The monoisotopic (exact) mass is 421 g/mol. The van der Waals surface area contributed by atoms with Crippen LogP contribution in [-0.4, -0.2) is 6.54 Å². The van der Waals surface area contributed by atoms with Crippen LogP contribution in [0.5, 0.6) is 0 Å². The quantitative estimate of drug-likeness (QED) is 0.620. The van der Waals surface area contributed by atoms with E-state index in [9.17, 15) is 0 Å². The van der Waals surface area contributed by atoms with E-state index in [4.69, 9.17) is 11.6 Å². The molecule has 0 amide bonds. The molecule has 0 aliphatic carbocycles. The number of benzene rings is 1. The minimum Gasteiger partial charge on any atom is -0.306 e. The third kappa shape index (κ3) is 4.05. The van der Waals surface area contributed by atoms with Crippen LogP contribution in [0.1, 0.15) is 29.8 Å². The summed E-state index contributed by atoms with van der Waals surface area (Å²) in [4.78, 5) is 1.23. The Labute approximate surface area is 139 Å². The summed E-state index contributed by atoms with van der Waals surface area (Å²) in [5.41, 5.74) is 1.24. The topological polar surface area (TPSA) is 12.0 Å². The molecule has 0 spiro atoms. The summed E-state index contributed by atoms with van der Waals surface area (Å²) in [6, 6.07) is 10.6. The Bertz CT molecular complexity index is 537. The van der Waals surface area contributed by atoms with Gasteiger partial charge < -0.3 is 5.32 Å². The molecular formula is C14H14Br2ClNS. The van der Waals surface area contributed by atoms with Crippen molar-refractivity contribution >= 4 is 54.8 Å². The molecule has 0 saturated carbocycles. The Morgan fingerprint density at radius 2 is 2.11 bits per heavy atom. The van der Waals surface area contributed by atoms with Crippen LogP contribution in [0.2, 0.25) is 5.02 Å². The van der Waals surface area contributed by atoms with E-state index in [0.29, 0.717) is 0 Å². The second kappa shape index (κ2) is 7.23. The standard InChI is InChI=1S/C14H14Br2ClNS/c1-2-6-18-13(9-4-3-5-10(15)7-9)12-8-11(17)14(16)19-12/h3-5,7-8,13,18H,2,6H2,1H3. The maximum atomic E-state index is 6.15.